The van der Waals surface area contributed by atoms with Crippen LogP contribution in [0.3, 0.4) is 0 Å². The average molecular weight is 407 g/mol. The van der Waals surface area contributed by atoms with Crippen molar-refractivity contribution in [3.63, 3.8) is 0 Å². The fourth-order valence-corrected chi connectivity index (χ4v) is 4.20. The normalized spacial score (nSPS) is 11.0. The van der Waals surface area contributed by atoms with E-state index >= 15 is 0 Å². The first kappa shape index (κ1) is 19.0. The van der Waals surface area contributed by atoms with E-state index in [9.17, 15) is 14.0 Å². The Bertz CT molecular complexity index is 1290. The number of nitrogens with one attached hydrogen (secondary N) is 1. The molecule has 29 heavy (non-hydrogen) atoms. The maximum Gasteiger partial charge on any atom is 0.263 e. The van der Waals surface area contributed by atoms with Crippen molar-refractivity contribution in [3.05, 3.63) is 81.5 Å². The number of para-hydroxylation sites is 1. The second-order valence-electron chi connectivity index (χ2n) is 6.85. The van der Waals surface area contributed by atoms with Gasteiger partial charge in [0.05, 0.1) is 17.4 Å². The molecule has 0 saturated carbocycles. The number of hydrogen-bond donors (Lipinski definition) is 1. The van der Waals surface area contributed by atoms with Gasteiger partial charge >= 0.3 is 0 Å². The van der Waals surface area contributed by atoms with Gasteiger partial charge in [0.1, 0.15) is 17.2 Å². The van der Waals surface area contributed by atoms with E-state index in [-0.39, 0.29) is 17.8 Å². The van der Waals surface area contributed by atoms with E-state index in [2.05, 4.69) is 16.4 Å². The Morgan fingerprint density at radius 1 is 1.17 bits per heavy atom. The highest BCUT2D eigenvalue weighted by molar-refractivity contribution is 7.17. The number of aromatic nitrogens is 2. The molecule has 2 heterocycles. The van der Waals surface area contributed by atoms with Crippen LogP contribution in [-0.4, -0.2) is 15.5 Å². The number of benzene rings is 2. The molecular formula is C22H18FN3O2S. The maximum absolute atomic E-state index is 13.7. The summed E-state index contributed by atoms with van der Waals surface area (Å²) in [7, 11) is 0. The van der Waals surface area contributed by atoms with Gasteiger partial charge in [-0.2, -0.15) is 0 Å². The summed E-state index contributed by atoms with van der Waals surface area (Å²) in [5.74, 6) is -1.03. The van der Waals surface area contributed by atoms with Crippen molar-refractivity contribution in [2.75, 3.05) is 5.32 Å². The SMILES string of the molecule is Cc1ccc(-c2csc3ncn(CC(=O)Nc4ccccc4F)c(=O)c23)c(C)c1. The van der Waals surface area contributed by atoms with Crippen LogP contribution in [0.15, 0.2) is 59.0 Å². The number of anilines is 1. The van der Waals surface area contributed by atoms with Gasteiger partial charge in [0.25, 0.3) is 5.56 Å². The molecule has 0 fully saturated rings. The van der Waals surface area contributed by atoms with Gasteiger partial charge in [0.15, 0.2) is 0 Å². The van der Waals surface area contributed by atoms with Gasteiger partial charge < -0.3 is 5.32 Å². The fourth-order valence-electron chi connectivity index (χ4n) is 3.30. The number of rotatable bonds is 4. The Morgan fingerprint density at radius 2 is 1.97 bits per heavy atom. The van der Waals surface area contributed by atoms with E-state index in [0.717, 1.165) is 22.3 Å². The molecule has 4 aromatic rings. The van der Waals surface area contributed by atoms with E-state index in [0.29, 0.717) is 10.2 Å². The number of aryl methyl sites for hydroxylation is 2. The molecule has 0 aliphatic carbocycles. The summed E-state index contributed by atoms with van der Waals surface area (Å²) >= 11 is 1.39. The fraction of sp³-hybridized carbons (Fsp3) is 0.136. The van der Waals surface area contributed by atoms with Crippen LogP contribution >= 0.6 is 11.3 Å². The number of carbonyl (C=O) groups excluding carboxylic acids is 1. The highest BCUT2D eigenvalue weighted by atomic mass is 32.1. The van der Waals surface area contributed by atoms with Crippen LogP contribution in [0.25, 0.3) is 21.3 Å². The quantitative estimate of drug-likeness (QED) is 0.541. The minimum absolute atomic E-state index is 0.0751. The Labute approximate surface area is 170 Å². The smallest absolute Gasteiger partial charge is 0.263 e. The zero-order valence-corrected chi connectivity index (χ0v) is 16.7. The average Bonchev–Trinajstić information content (AvgIpc) is 3.10. The molecule has 1 amide bonds. The second kappa shape index (κ2) is 7.60. The van der Waals surface area contributed by atoms with E-state index in [1.807, 2.05) is 31.4 Å². The molecule has 0 atom stereocenters. The van der Waals surface area contributed by atoms with Gasteiger partial charge in [0, 0.05) is 10.9 Å². The minimum atomic E-state index is -0.531. The molecule has 2 aromatic heterocycles. The van der Waals surface area contributed by atoms with Crippen molar-refractivity contribution in [3.8, 4) is 11.1 Å². The van der Waals surface area contributed by atoms with E-state index in [1.165, 1.54) is 34.4 Å². The lowest BCUT2D eigenvalue weighted by Gasteiger charge is -2.09. The number of amides is 1. The van der Waals surface area contributed by atoms with Gasteiger partial charge in [-0.3, -0.25) is 14.2 Å². The molecule has 0 aliphatic rings. The summed E-state index contributed by atoms with van der Waals surface area (Å²) in [6.07, 6.45) is 1.36. The number of nitrogens with zero attached hydrogens (tertiary/aromatic N) is 2. The number of hydrogen-bond acceptors (Lipinski definition) is 4. The topological polar surface area (TPSA) is 64.0 Å². The minimum Gasteiger partial charge on any atom is -0.322 e. The van der Waals surface area contributed by atoms with Gasteiger partial charge in [-0.05, 0) is 37.1 Å². The molecule has 1 N–H and O–H groups in total. The summed E-state index contributed by atoms with van der Waals surface area (Å²) in [4.78, 5) is 30.4. The number of carbonyl (C=O) groups is 1. The molecule has 5 nitrogen and oxygen atoms in total. The highest BCUT2D eigenvalue weighted by Crippen LogP contribution is 2.33. The van der Waals surface area contributed by atoms with Crippen LogP contribution < -0.4 is 10.9 Å². The van der Waals surface area contributed by atoms with Gasteiger partial charge in [-0.15, -0.1) is 11.3 Å². The van der Waals surface area contributed by atoms with E-state index < -0.39 is 11.7 Å². The molecule has 0 spiro atoms. The Balaban J connectivity index is 1.70. The maximum atomic E-state index is 13.7. The summed E-state index contributed by atoms with van der Waals surface area (Å²) in [6.45, 7) is 3.77. The van der Waals surface area contributed by atoms with Crippen LogP contribution in [0.5, 0.6) is 0 Å². The Morgan fingerprint density at radius 3 is 2.72 bits per heavy atom. The lowest BCUT2D eigenvalue weighted by atomic mass is 9.99. The van der Waals surface area contributed by atoms with E-state index in [1.54, 1.807) is 12.1 Å². The second-order valence-corrected chi connectivity index (χ2v) is 7.71. The highest BCUT2D eigenvalue weighted by Gasteiger charge is 2.16. The summed E-state index contributed by atoms with van der Waals surface area (Å²) in [5.41, 5.74) is 3.77. The van der Waals surface area contributed by atoms with Crippen molar-refractivity contribution in [2.45, 2.75) is 20.4 Å². The summed E-state index contributed by atoms with van der Waals surface area (Å²) < 4.78 is 15.0. The summed E-state index contributed by atoms with van der Waals surface area (Å²) in [6, 6.07) is 12.0. The molecule has 0 saturated heterocycles. The van der Waals surface area contributed by atoms with Crippen LogP contribution in [0, 0.1) is 19.7 Å². The molecule has 146 valence electrons. The predicted octanol–water partition coefficient (Wildman–Crippen LogP) is 4.52. The third-order valence-electron chi connectivity index (χ3n) is 4.69. The first-order valence-electron chi connectivity index (χ1n) is 9.02. The molecule has 0 bridgehead atoms. The Hall–Kier alpha value is -3.32. The number of halogens is 1. The third kappa shape index (κ3) is 3.69. The first-order valence-corrected chi connectivity index (χ1v) is 9.90. The largest absolute Gasteiger partial charge is 0.322 e. The Kier molecular flexibility index (Phi) is 4.98. The molecule has 4 rings (SSSR count). The van der Waals surface area contributed by atoms with Gasteiger partial charge in [-0.1, -0.05) is 35.9 Å². The van der Waals surface area contributed by atoms with Crippen molar-refractivity contribution < 1.29 is 9.18 Å². The van der Waals surface area contributed by atoms with Crippen LogP contribution in [0.1, 0.15) is 11.1 Å². The third-order valence-corrected chi connectivity index (χ3v) is 5.58. The van der Waals surface area contributed by atoms with Crippen LogP contribution in [0.4, 0.5) is 10.1 Å². The van der Waals surface area contributed by atoms with Gasteiger partial charge in [-0.25, -0.2) is 9.37 Å². The molecule has 0 radical (unpaired) electrons. The van der Waals surface area contributed by atoms with Crippen molar-refractivity contribution in [1.82, 2.24) is 9.55 Å². The molecular weight excluding hydrogens is 389 g/mol. The van der Waals surface area contributed by atoms with Crippen LogP contribution in [0.2, 0.25) is 0 Å². The molecule has 2 aromatic carbocycles. The molecule has 0 aliphatic heterocycles. The van der Waals surface area contributed by atoms with Crippen LogP contribution in [-0.2, 0) is 11.3 Å². The zero-order chi connectivity index (χ0) is 20.5. The first-order chi connectivity index (χ1) is 13.9. The molecule has 7 heteroatoms. The van der Waals surface area contributed by atoms with E-state index in [4.69, 9.17) is 0 Å². The summed E-state index contributed by atoms with van der Waals surface area (Å²) in [5, 5.41) is 4.90. The van der Waals surface area contributed by atoms with Crippen molar-refractivity contribution in [2.24, 2.45) is 0 Å². The molecule has 0 unspecified atom stereocenters. The van der Waals surface area contributed by atoms with Crippen molar-refractivity contribution in [1.29, 1.82) is 0 Å². The monoisotopic (exact) mass is 407 g/mol. The number of thiophene rings is 1. The van der Waals surface area contributed by atoms with Gasteiger partial charge in [0.2, 0.25) is 5.91 Å². The number of fused-ring (bicyclic) bond motifs is 1. The predicted molar refractivity (Wildman–Crippen MR) is 114 cm³/mol. The zero-order valence-electron chi connectivity index (χ0n) is 15.9. The standard InChI is InChI=1S/C22H18FN3O2S/c1-13-7-8-15(14(2)9-13)16-11-29-21-20(16)22(28)26(12-24-21)10-19(27)25-18-6-4-3-5-17(18)23/h3-9,11-12H,10H2,1-2H3,(H,25,27). The lowest BCUT2D eigenvalue weighted by Crippen LogP contribution is -2.28. The lowest BCUT2D eigenvalue weighted by molar-refractivity contribution is -0.116. The van der Waals surface area contributed by atoms with Crippen molar-refractivity contribution >= 4 is 33.1 Å².